The van der Waals surface area contributed by atoms with Crippen LogP contribution >= 0.6 is 11.6 Å². The van der Waals surface area contributed by atoms with E-state index in [0.29, 0.717) is 6.04 Å². The van der Waals surface area contributed by atoms with Crippen molar-refractivity contribution in [2.75, 3.05) is 27.7 Å². The Hall–Kier alpha value is -0.570. The summed E-state index contributed by atoms with van der Waals surface area (Å²) >= 11 is 6.12. The van der Waals surface area contributed by atoms with Crippen LogP contribution < -0.4 is 5.32 Å². The highest BCUT2D eigenvalue weighted by atomic mass is 35.5. The third-order valence-electron chi connectivity index (χ3n) is 2.42. The Morgan fingerprint density at radius 1 is 1.33 bits per heavy atom. The third kappa shape index (κ3) is 4.20. The van der Waals surface area contributed by atoms with Crippen LogP contribution in [0.3, 0.4) is 0 Å². The Kier molecular flexibility index (Phi) is 5.09. The molecular weight excluding hydrogens is 208 g/mol. The molecule has 1 unspecified atom stereocenters. The first-order valence-electron chi connectivity index (χ1n) is 5.19. The Morgan fingerprint density at radius 2 is 2.00 bits per heavy atom. The van der Waals surface area contributed by atoms with Crippen LogP contribution in [-0.4, -0.2) is 38.6 Å². The fourth-order valence-electron chi connectivity index (χ4n) is 1.63. The van der Waals surface area contributed by atoms with Crippen LogP contribution in [0.15, 0.2) is 24.3 Å². The minimum Gasteiger partial charge on any atom is -0.315 e. The number of rotatable bonds is 5. The summed E-state index contributed by atoms with van der Waals surface area (Å²) in [5.74, 6) is 0. The lowest BCUT2D eigenvalue weighted by Crippen LogP contribution is -2.37. The summed E-state index contributed by atoms with van der Waals surface area (Å²) in [6.07, 6.45) is 0.967. The molecule has 84 valence electrons. The molecule has 0 saturated carbocycles. The number of benzene rings is 1. The lowest BCUT2D eigenvalue weighted by molar-refractivity contribution is 0.346. The van der Waals surface area contributed by atoms with E-state index < -0.39 is 0 Å². The number of halogens is 1. The third-order valence-corrected chi connectivity index (χ3v) is 2.79. The van der Waals surface area contributed by atoms with E-state index in [-0.39, 0.29) is 0 Å². The van der Waals surface area contributed by atoms with E-state index in [1.807, 2.05) is 25.2 Å². The summed E-state index contributed by atoms with van der Waals surface area (Å²) in [6.45, 7) is 1.02. The molecule has 0 aliphatic carbocycles. The van der Waals surface area contributed by atoms with Crippen molar-refractivity contribution in [3.8, 4) is 0 Å². The normalized spacial score (nSPS) is 13.1. The topological polar surface area (TPSA) is 15.3 Å². The first-order chi connectivity index (χ1) is 7.13. The van der Waals surface area contributed by atoms with Crippen molar-refractivity contribution in [2.24, 2.45) is 0 Å². The number of nitrogens with one attached hydrogen (secondary N) is 1. The minimum absolute atomic E-state index is 0.444. The van der Waals surface area contributed by atoms with Gasteiger partial charge in [-0.2, -0.15) is 0 Å². The van der Waals surface area contributed by atoms with Crippen LogP contribution in [0.1, 0.15) is 5.56 Å². The van der Waals surface area contributed by atoms with E-state index in [1.165, 1.54) is 5.56 Å². The van der Waals surface area contributed by atoms with Gasteiger partial charge in [0, 0.05) is 17.6 Å². The van der Waals surface area contributed by atoms with Gasteiger partial charge in [0.2, 0.25) is 0 Å². The molecule has 1 N–H and O–H groups in total. The second-order valence-corrected chi connectivity index (χ2v) is 4.45. The smallest absolute Gasteiger partial charge is 0.0438 e. The first-order valence-corrected chi connectivity index (χ1v) is 5.56. The summed E-state index contributed by atoms with van der Waals surface area (Å²) in [7, 11) is 6.15. The molecule has 1 atom stereocenters. The monoisotopic (exact) mass is 226 g/mol. The highest BCUT2D eigenvalue weighted by Gasteiger charge is 2.09. The Balaban J connectivity index is 2.62. The number of hydrogen-bond acceptors (Lipinski definition) is 2. The van der Waals surface area contributed by atoms with E-state index in [9.17, 15) is 0 Å². The number of likely N-dealkylation sites (N-methyl/N-ethyl adjacent to an activating group) is 2. The second-order valence-electron chi connectivity index (χ2n) is 4.04. The fourth-order valence-corrected chi connectivity index (χ4v) is 1.84. The van der Waals surface area contributed by atoms with Crippen LogP contribution in [0.25, 0.3) is 0 Å². The molecule has 0 heterocycles. The van der Waals surface area contributed by atoms with Crippen LogP contribution in [0.2, 0.25) is 5.02 Å². The van der Waals surface area contributed by atoms with Gasteiger partial charge in [0.05, 0.1) is 0 Å². The molecule has 1 aromatic carbocycles. The van der Waals surface area contributed by atoms with Gasteiger partial charge in [0.15, 0.2) is 0 Å². The van der Waals surface area contributed by atoms with E-state index in [4.69, 9.17) is 11.6 Å². The average Bonchev–Trinajstić information content (AvgIpc) is 2.19. The van der Waals surface area contributed by atoms with Gasteiger partial charge >= 0.3 is 0 Å². The van der Waals surface area contributed by atoms with Gasteiger partial charge < -0.3 is 10.2 Å². The van der Waals surface area contributed by atoms with Gasteiger partial charge in [-0.25, -0.2) is 0 Å². The zero-order chi connectivity index (χ0) is 11.3. The maximum Gasteiger partial charge on any atom is 0.0438 e. The molecule has 0 spiro atoms. The molecule has 15 heavy (non-hydrogen) atoms. The molecule has 2 nitrogen and oxygen atoms in total. The van der Waals surface area contributed by atoms with E-state index in [2.05, 4.69) is 30.4 Å². The first kappa shape index (κ1) is 12.5. The number of nitrogens with zero attached hydrogens (tertiary/aromatic N) is 1. The summed E-state index contributed by atoms with van der Waals surface area (Å²) in [5, 5.41) is 4.17. The second kappa shape index (κ2) is 6.11. The molecule has 3 heteroatoms. The van der Waals surface area contributed by atoms with Gasteiger partial charge in [-0.1, -0.05) is 29.8 Å². The standard InChI is InChI=1S/C12H19ClN2/c1-14-11(9-15(2)3)8-10-6-4-5-7-12(10)13/h4-7,11,14H,8-9H2,1-3H3. The molecule has 0 aliphatic heterocycles. The van der Waals surface area contributed by atoms with Crippen molar-refractivity contribution in [2.45, 2.75) is 12.5 Å². The molecule has 0 aliphatic rings. The number of hydrogen-bond donors (Lipinski definition) is 1. The van der Waals surface area contributed by atoms with Gasteiger partial charge in [-0.05, 0) is 39.2 Å². The summed E-state index contributed by atoms with van der Waals surface area (Å²) < 4.78 is 0. The molecule has 0 saturated heterocycles. The van der Waals surface area contributed by atoms with Gasteiger partial charge in [0.25, 0.3) is 0 Å². The van der Waals surface area contributed by atoms with Gasteiger partial charge in [-0.3, -0.25) is 0 Å². The molecule has 1 aromatic rings. The molecular formula is C12H19ClN2. The summed E-state index contributed by atoms with van der Waals surface area (Å²) in [5.41, 5.74) is 1.21. The summed E-state index contributed by atoms with van der Waals surface area (Å²) in [6, 6.07) is 8.47. The highest BCUT2D eigenvalue weighted by Crippen LogP contribution is 2.16. The largest absolute Gasteiger partial charge is 0.315 e. The molecule has 0 fully saturated rings. The molecule has 0 bridgehead atoms. The molecule has 0 radical (unpaired) electrons. The predicted octanol–water partition coefficient (Wildman–Crippen LogP) is 2.03. The lowest BCUT2D eigenvalue weighted by atomic mass is 10.1. The van der Waals surface area contributed by atoms with Crippen LogP contribution in [0.4, 0.5) is 0 Å². The fraction of sp³-hybridized carbons (Fsp3) is 0.500. The van der Waals surface area contributed by atoms with Gasteiger partial charge in [-0.15, -0.1) is 0 Å². The Labute approximate surface area is 97.2 Å². The molecule has 1 rings (SSSR count). The van der Waals surface area contributed by atoms with Crippen molar-refractivity contribution in [3.63, 3.8) is 0 Å². The maximum absolute atomic E-state index is 6.12. The Morgan fingerprint density at radius 3 is 2.53 bits per heavy atom. The van der Waals surface area contributed by atoms with Crippen molar-refractivity contribution >= 4 is 11.6 Å². The highest BCUT2D eigenvalue weighted by molar-refractivity contribution is 6.31. The zero-order valence-corrected chi connectivity index (χ0v) is 10.4. The quantitative estimate of drug-likeness (QED) is 0.827. The van der Waals surface area contributed by atoms with E-state index in [0.717, 1.165) is 18.0 Å². The van der Waals surface area contributed by atoms with Crippen molar-refractivity contribution < 1.29 is 0 Å². The maximum atomic E-state index is 6.12. The SMILES string of the molecule is CNC(Cc1ccccc1Cl)CN(C)C. The predicted molar refractivity (Wildman–Crippen MR) is 66.6 cm³/mol. The summed E-state index contributed by atoms with van der Waals surface area (Å²) in [4.78, 5) is 2.18. The van der Waals surface area contributed by atoms with E-state index in [1.54, 1.807) is 0 Å². The minimum atomic E-state index is 0.444. The molecule has 0 aromatic heterocycles. The van der Waals surface area contributed by atoms with Crippen LogP contribution in [0.5, 0.6) is 0 Å². The molecule has 0 amide bonds. The average molecular weight is 227 g/mol. The van der Waals surface area contributed by atoms with Crippen LogP contribution in [-0.2, 0) is 6.42 Å². The van der Waals surface area contributed by atoms with E-state index >= 15 is 0 Å². The zero-order valence-electron chi connectivity index (χ0n) is 9.63. The van der Waals surface area contributed by atoms with Gasteiger partial charge in [0.1, 0.15) is 0 Å². The lowest BCUT2D eigenvalue weighted by Gasteiger charge is -2.20. The van der Waals surface area contributed by atoms with Crippen molar-refractivity contribution in [1.29, 1.82) is 0 Å². The Bertz CT molecular complexity index is 299. The van der Waals surface area contributed by atoms with Crippen LogP contribution in [0, 0.1) is 0 Å². The van der Waals surface area contributed by atoms with Crippen molar-refractivity contribution in [3.05, 3.63) is 34.9 Å². The van der Waals surface area contributed by atoms with Crippen molar-refractivity contribution in [1.82, 2.24) is 10.2 Å².